The molecule has 4 heterocycles. The van der Waals surface area contributed by atoms with Crippen molar-refractivity contribution >= 4 is 27.4 Å². The first-order valence-corrected chi connectivity index (χ1v) is 11.6. The maximum absolute atomic E-state index is 5.56. The van der Waals surface area contributed by atoms with Crippen LogP contribution in [0.5, 0.6) is 0 Å². The lowest BCUT2D eigenvalue weighted by atomic mass is 10.1. The Balaban J connectivity index is 1.44. The third kappa shape index (κ3) is 4.07. The third-order valence-electron chi connectivity index (χ3n) is 6.03. The van der Waals surface area contributed by atoms with E-state index in [-0.39, 0.29) is 0 Å². The summed E-state index contributed by atoms with van der Waals surface area (Å²) in [5.41, 5.74) is 2.44. The first-order valence-electron chi connectivity index (χ1n) is 10.7. The van der Waals surface area contributed by atoms with Crippen molar-refractivity contribution in [1.82, 2.24) is 14.9 Å². The highest BCUT2D eigenvalue weighted by Crippen LogP contribution is 2.38. The summed E-state index contributed by atoms with van der Waals surface area (Å²) < 4.78 is 10.9. The average Bonchev–Trinajstić information content (AvgIpc) is 3.45. The van der Waals surface area contributed by atoms with Crippen molar-refractivity contribution in [2.75, 3.05) is 57.9 Å². The second-order valence-electron chi connectivity index (χ2n) is 8.11. The standard InChI is InChI=1S/C23H28N4O2S/c1-28-15-20-24-22(27-10-8-26(9-11-27)13-17-7-12-29-14-17)21-19(16-30-23(21)25-20)18-5-3-2-4-6-18/h2-6,16-17H,7-15H2,1H3. The fraction of sp³-hybridized carbons (Fsp3) is 0.478. The number of fused-ring (bicyclic) bond motifs is 1. The smallest absolute Gasteiger partial charge is 0.158 e. The van der Waals surface area contributed by atoms with Gasteiger partial charge in [-0.1, -0.05) is 30.3 Å². The van der Waals surface area contributed by atoms with Crippen LogP contribution in [0.25, 0.3) is 21.3 Å². The molecule has 2 aliphatic rings. The van der Waals surface area contributed by atoms with Gasteiger partial charge in [0.15, 0.2) is 5.82 Å². The van der Waals surface area contributed by atoms with Gasteiger partial charge >= 0.3 is 0 Å². The minimum atomic E-state index is 0.434. The molecule has 0 amide bonds. The van der Waals surface area contributed by atoms with Gasteiger partial charge < -0.3 is 14.4 Å². The molecule has 0 radical (unpaired) electrons. The highest BCUT2D eigenvalue weighted by molar-refractivity contribution is 7.17. The Hall–Kier alpha value is -2.06. The summed E-state index contributed by atoms with van der Waals surface area (Å²) in [4.78, 5) is 15.8. The number of methoxy groups -OCH3 is 1. The summed E-state index contributed by atoms with van der Waals surface area (Å²) >= 11 is 1.69. The Labute approximate surface area is 181 Å². The average molecular weight is 425 g/mol. The molecule has 5 rings (SSSR count). The molecule has 1 unspecified atom stereocenters. The lowest BCUT2D eigenvalue weighted by molar-refractivity contribution is 0.164. The molecule has 0 bridgehead atoms. The fourth-order valence-corrected chi connectivity index (χ4v) is 5.41. The number of nitrogens with zero attached hydrogens (tertiary/aromatic N) is 4. The zero-order chi connectivity index (χ0) is 20.3. The Bertz CT molecular complexity index is 980. The van der Waals surface area contributed by atoms with Crippen LogP contribution in [0.3, 0.4) is 0 Å². The van der Waals surface area contributed by atoms with Gasteiger partial charge in [-0.15, -0.1) is 11.3 Å². The number of hydrogen-bond acceptors (Lipinski definition) is 7. The van der Waals surface area contributed by atoms with Crippen LogP contribution < -0.4 is 4.90 Å². The molecule has 30 heavy (non-hydrogen) atoms. The summed E-state index contributed by atoms with van der Waals surface area (Å²) in [5, 5.41) is 3.38. The van der Waals surface area contributed by atoms with Gasteiger partial charge in [0, 0.05) is 57.4 Å². The number of benzene rings is 1. The maximum Gasteiger partial charge on any atom is 0.158 e. The van der Waals surface area contributed by atoms with Gasteiger partial charge in [0.25, 0.3) is 0 Å². The molecular weight excluding hydrogens is 396 g/mol. The normalized spacial score (nSPS) is 20.3. The van der Waals surface area contributed by atoms with E-state index in [4.69, 9.17) is 19.4 Å². The molecule has 2 aromatic heterocycles. The SMILES string of the molecule is COCc1nc(N2CCN(CC3CCOC3)CC2)c2c(-c3ccccc3)csc2n1. The molecule has 2 saturated heterocycles. The number of aromatic nitrogens is 2. The van der Waals surface area contributed by atoms with E-state index in [0.29, 0.717) is 12.5 Å². The molecular formula is C23H28N4O2S. The molecule has 3 aromatic rings. The highest BCUT2D eigenvalue weighted by Gasteiger charge is 2.26. The van der Waals surface area contributed by atoms with E-state index in [9.17, 15) is 0 Å². The minimum absolute atomic E-state index is 0.434. The predicted molar refractivity (Wildman–Crippen MR) is 121 cm³/mol. The van der Waals surface area contributed by atoms with Crippen molar-refractivity contribution in [3.8, 4) is 11.1 Å². The van der Waals surface area contributed by atoms with Gasteiger partial charge in [0.05, 0.1) is 12.0 Å². The van der Waals surface area contributed by atoms with E-state index in [1.54, 1.807) is 18.4 Å². The van der Waals surface area contributed by atoms with Crippen LogP contribution in [0.15, 0.2) is 35.7 Å². The summed E-state index contributed by atoms with van der Waals surface area (Å²) in [6.07, 6.45) is 1.20. The molecule has 0 spiro atoms. The highest BCUT2D eigenvalue weighted by atomic mass is 32.1. The van der Waals surface area contributed by atoms with Gasteiger partial charge in [0.2, 0.25) is 0 Å². The van der Waals surface area contributed by atoms with Crippen LogP contribution in [0.2, 0.25) is 0 Å². The first-order chi connectivity index (χ1) is 14.8. The van der Waals surface area contributed by atoms with Gasteiger partial charge in [-0.25, -0.2) is 9.97 Å². The summed E-state index contributed by atoms with van der Waals surface area (Å²) in [5.74, 6) is 2.50. The molecule has 2 aliphatic heterocycles. The van der Waals surface area contributed by atoms with Gasteiger partial charge in [0.1, 0.15) is 17.3 Å². The number of thiophene rings is 1. The van der Waals surface area contributed by atoms with Crippen LogP contribution in [0.4, 0.5) is 5.82 Å². The molecule has 6 nitrogen and oxygen atoms in total. The van der Waals surface area contributed by atoms with Crippen molar-refractivity contribution in [2.45, 2.75) is 13.0 Å². The topological polar surface area (TPSA) is 50.7 Å². The Morgan fingerprint density at radius 3 is 2.70 bits per heavy atom. The summed E-state index contributed by atoms with van der Waals surface area (Å²) in [7, 11) is 1.70. The predicted octanol–water partition coefficient (Wildman–Crippen LogP) is 3.66. The van der Waals surface area contributed by atoms with Gasteiger partial charge in [-0.2, -0.15) is 0 Å². The second kappa shape index (κ2) is 8.98. The van der Waals surface area contributed by atoms with Crippen molar-refractivity contribution < 1.29 is 9.47 Å². The van der Waals surface area contributed by atoms with Gasteiger partial charge in [-0.05, 0) is 17.9 Å². The molecule has 0 aliphatic carbocycles. The zero-order valence-electron chi connectivity index (χ0n) is 17.4. The molecule has 0 saturated carbocycles. The third-order valence-corrected chi connectivity index (χ3v) is 6.90. The van der Waals surface area contributed by atoms with E-state index in [1.165, 1.54) is 22.9 Å². The molecule has 7 heteroatoms. The molecule has 1 atom stereocenters. The van der Waals surface area contributed by atoms with E-state index in [2.05, 4.69) is 45.5 Å². The summed E-state index contributed by atoms with van der Waals surface area (Å²) in [6.45, 7) is 7.51. The number of hydrogen-bond donors (Lipinski definition) is 0. The van der Waals surface area contributed by atoms with Crippen molar-refractivity contribution in [1.29, 1.82) is 0 Å². The van der Waals surface area contributed by atoms with Crippen molar-refractivity contribution in [3.63, 3.8) is 0 Å². The van der Waals surface area contributed by atoms with Crippen LogP contribution in [0.1, 0.15) is 12.2 Å². The number of ether oxygens (including phenoxy) is 2. The minimum Gasteiger partial charge on any atom is -0.381 e. The van der Waals surface area contributed by atoms with E-state index < -0.39 is 0 Å². The van der Waals surface area contributed by atoms with Crippen LogP contribution in [0, 0.1) is 5.92 Å². The first kappa shape index (κ1) is 19.9. The van der Waals surface area contributed by atoms with Gasteiger partial charge in [-0.3, -0.25) is 4.90 Å². The van der Waals surface area contributed by atoms with Crippen LogP contribution >= 0.6 is 11.3 Å². The lowest BCUT2D eigenvalue weighted by Gasteiger charge is -2.36. The fourth-order valence-electron chi connectivity index (χ4n) is 4.45. The zero-order valence-corrected chi connectivity index (χ0v) is 18.2. The van der Waals surface area contributed by atoms with E-state index in [0.717, 1.165) is 62.4 Å². The van der Waals surface area contributed by atoms with Crippen LogP contribution in [-0.4, -0.2) is 67.9 Å². The van der Waals surface area contributed by atoms with Crippen LogP contribution in [-0.2, 0) is 16.1 Å². The quantitative estimate of drug-likeness (QED) is 0.602. The Kier molecular flexibility index (Phi) is 5.95. The molecule has 2 fully saturated rings. The number of rotatable bonds is 6. The second-order valence-corrected chi connectivity index (χ2v) is 8.97. The molecule has 1 aromatic carbocycles. The molecule has 158 valence electrons. The Morgan fingerprint density at radius 2 is 1.97 bits per heavy atom. The van der Waals surface area contributed by atoms with E-state index >= 15 is 0 Å². The number of anilines is 1. The monoisotopic (exact) mass is 424 g/mol. The van der Waals surface area contributed by atoms with E-state index in [1.807, 2.05) is 0 Å². The molecule has 0 N–H and O–H groups in total. The summed E-state index contributed by atoms with van der Waals surface area (Å²) in [6, 6.07) is 10.6. The van der Waals surface area contributed by atoms with Crippen molar-refractivity contribution in [3.05, 3.63) is 41.5 Å². The number of piperazine rings is 1. The lowest BCUT2D eigenvalue weighted by Crippen LogP contribution is -2.48. The Morgan fingerprint density at radius 1 is 1.13 bits per heavy atom. The maximum atomic E-state index is 5.56. The van der Waals surface area contributed by atoms with Crippen molar-refractivity contribution in [2.24, 2.45) is 5.92 Å². The largest absolute Gasteiger partial charge is 0.381 e.